The number of carbonyl (C=O) groups excluding carboxylic acids is 1. The largest absolute Gasteiger partial charge is 0.468 e. The predicted molar refractivity (Wildman–Crippen MR) is 99.2 cm³/mol. The Morgan fingerprint density at radius 2 is 1.96 bits per heavy atom. The first-order valence-electron chi connectivity index (χ1n) is 8.28. The van der Waals surface area contributed by atoms with Crippen LogP contribution in [0.4, 0.5) is 5.82 Å². The molecule has 0 unspecified atom stereocenters. The number of ether oxygens (including phenoxy) is 1. The molecule has 1 N–H and O–H groups in total. The van der Waals surface area contributed by atoms with Crippen molar-refractivity contribution in [2.45, 2.75) is 13.1 Å². The van der Waals surface area contributed by atoms with Gasteiger partial charge in [0.1, 0.15) is 5.82 Å². The fourth-order valence-electron chi connectivity index (χ4n) is 2.66. The van der Waals surface area contributed by atoms with Gasteiger partial charge in [-0.3, -0.25) is 4.79 Å². The van der Waals surface area contributed by atoms with E-state index in [0.717, 1.165) is 17.9 Å². The number of rotatable bonds is 7. The highest BCUT2D eigenvalue weighted by atomic mass is 16.6. The van der Waals surface area contributed by atoms with Crippen LogP contribution >= 0.6 is 0 Å². The number of furan rings is 1. The van der Waals surface area contributed by atoms with Crippen LogP contribution in [-0.2, 0) is 13.1 Å². The van der Waals surface area contributed by atoms with Crippen molar-refractivity contribution in [1.29, 1.82) is 0 Å². The van der Waals surface area contributed by atoms with Crippen LogP contribution in [0.15, 0.2) is 65.2 Å². The lowest BCUT2D eigenvalue weighted by Crippen LogP contribution is -2.25. The van der Waals surface area contributed by atoms with Crippen LogP contribution in [-0.4, -0.2) is 25.0 Å². The summed E-state index contributed by atoms with van der Waals surface area (Å²) in [5.41, 5.74) is 2.12. The summed E-state index contributed by atoms with van der Waals surface area (Å²) in [6.45, 7) is 1.08. The number of benzene rings is 1. The van der Waals surface area contributed by atoms with Crippen molar-refractivity contribution in [3.63, 3.8) is 0 Å². The molecule has 0 atom stereocenters. The number of amides is 1. The highest BCUT2D eigenvalue weighted by Gasteiger charge is 2.14. The summed E-state index contributed by atoms with van der Waals surface area (Å²) >= 11 is 0. The number of pyridine rings is 1. The highest BCUT2D eigenvalue weighted by Crippen LogP contribution is 2.19. The Balaban J connectivity index is 1.67. The van der Waals surface area contributed by atoms with Gasteiger partial charge in [0.15, 0.2) is 5.76 Å². The van der Waals surface area contributed by atoms with E-state index >= 15 is 0 Å². The molecule has 0 aliphatic rings. The van der Waals surface area contributed by atoms with E-state index in [1.807, 2.05) is 37.4 Å². The molecular formula is C20H21N3O3. The van der Waals surface area contributed by atoms with Gasteiger partial charge in [-0.05, 0) is 17.7 Å². The fraction of sp³-hybridized carbons (Fsp3) is 0.200. The molecule has 0 bridgehead atoms. The minimum atomic E-state index is -0.297. The van der Waals surface area contributed by atoms with Gasteiger partial charge in [0.2, 0.25) is 0 Å². The minimum Gasteiger partial charge on any atom is -0.468 e. The number of hydrogen-bond donors (Lipinski definition) is 1. The molecular weight excluding hydrogens is 330 g/mol. The number of carbonyl (C=O) groups is 1. The van der Waals surface area contributed by atoms with Crippen molar-refractivity contribution in [3.8, 4) is 5.95 Å². The van der Waals surface area contributed by atoms with Gasteiger partial charge in [0.25, 0.3) is 11.9 Å². The molecule has 0 saturated heterocycles. The Labute approximate surface area is 152 Å². The Hall–Kier alpha value is -3.28. The van der Waals surface area contributed by atoms with Gasteiger partial charge in [-0.2, -0.15) is 0 Å². The number of nitrogens with one attached hydrogen (secondary N) is 1. The summed E-state index contributed by atoms with van der Waals surface area (Å²) in [6, 6.07) is 17.2. The minimum absolute atomic E-state index is 0.213. The average Bonchev–Trinajstić information content (AvgIpc) is 3.16. The smallest absolute Gasteiger partial charge is 0.287 e. The molecule has 3 aromatic rings. The zero-order valence-electron chi connectivity index (χ0n) is 14.8. The first-order chi connectivity index (χ1) is 12.7. The number of methoxy groups -OCH3 is 1. The summed E-state index contributed by atoms with van der Waals surface area (Å²) < 4.78 is 10.2. The summed E-state index contributed by atoms with van der Waals surface area (Å²) in [7, 11) is 3.48. The summed E-state index contributed by atoms with van der Waals surface area (Å²) in [5, 5.41) is 2.86. The van der Waals surface area contributed by atoms with E-state index in [-0.39, 0.29) is 11.7 Å². The van der Waals surface area contributed by atoms with E-state index in [1.165, 1.54) is 12.7 Å². The van der Waals surface area contributed by atoms with E-state index in [1.54, 1.807) is 18.3 Å². The molecule has 3 rings (SSSR count). The van der Waals surface area contributed by atoms with Crippen LogP contribution in [0.5, 0.6) is 5.95 Å². The molecule has 0 radical (unpaired) electrons. The molecule has 6 nitrogen and oxygen atoms in total. The molecule has 2 heterocycles. The summed E-state index contributed by atoms with van der Waals surface area (Å²) in [4.78, 5) is 18.8. The van der Waals surface area contributed by atoms with Crippen molar-refractivity contribution in [3.05, 3.63) is 77.7 Å². The lowest BCUT2D eigenvalue weighted by molar-refractivity contribution is 0.0917. The third kappa shape index (κ3) is 4.22. The maximum Gasteiger partial charge on any atom is 0.287 e. The zero-order chi connectivity index (χ0) is 18.4. The van der Waals surface area contributed by atoms with Gasteiger partial charge in [0.05, 0.1) is 7.11 Å². The Morgan fingerprint density at radius 1 is 1.15 bits per heavy atom. The zero-order valence-corrected chi connectivity index (χ0v) is 14.8. The Bertz CT molecular complexity index is 862. The lowest BCUT2D eigenvalue weighted by Gasteiger charge is -2.21. The number of hydrogen-bond acceptors (Lipinski definition) is 5. The molecule has 6 heteroatoms. The van der Waals surface area contributed by atoms with E-state index in [2.05, 4.69) is 27.3 Å². The lowest BCUT2D eigenvalue weighted by atomic mass is 10.2. The van der Waals surface area contributed by atoms with Crippen molar-refractivity contribution in [2.24, 2.45) is 0 Å². The monoisotopic (exact) mass is 351 g/mol. The van der Waals surface area contributed by atoms with Crippen LogP contribution in [0.25, 0.3) is 0 Å². The first-order valence-corrected chi connectivity index (χ1v) is 8.28. The maximum absolute atomic E-state index is 12.2. The quantitative estimate of drug-likeness (QED) is 0.708. The molecule has 0 aliphatic heterocycles. The van der Waals surface area contributed by atoms with Gasteiger partial charge >= 0.3 is 0 Å². The fourth-order valence-corrected chi connectivity index (χ4v) is 2.66. The van der Waals surface area contributed by atoms with Gasteiger partial charge < -0.3 is 19.4 Å². The molecule has 26 heavy (non-hydrogen) atoms. The Morgan fingerprint density at radius 3 is 2.69 bits per heavy atom. The second kappa shape index (κ2) is 8.20. The topological polar surface area (TPSA) is 67.6 Å². The molecule has 0 saturated carbocycles. The van der Waals surface area contributed by atoms with Crippen molar-refractivity contribution >= 4 is 11.7 Å². The van der Waals surface area contributed by atoms with E-state index < -0.39 is 0 Å². The molecule has 0 spiro atoms. The molecule has 134 valence electrons. The SMILES string of the molecule is COc1ccc(C(=O)NCc2cccnc2N(C)Cc2ccccc2)o1. The Kier molecular flexibility index (Phi) is 5.53. The normalized spacial score (nSPS) is 10.4. The van der Waals surface area contributed by atoms with Crippen LogP contribution in [0, 0.1) is 0 Å². The van der Waals surface area contributed by atoms with Crippen LogP contribution in [0.2, 0.25) is 0 Å². The van der Waals surface area contributed by atoms with Gasteiger partial charge in [-0.1, -0.05) is 36.4 Å². The van der Waals surface area contributed by atoms with E-state index in [9.17, 15) is 4.79 Å². The standard InChI is InChI=1S/C20H21N3O3/c1-23(14-15-7-4-3-5-8-15)19-16(9-6-12-21-19)13-22-20(24)17-10-11-18(25-2)26-17/h3-12H,13-14H2,1-2H3,(H,22,24). The molecule has 1 aromatic carbocycles. The second-order valence-corrected chi connectivity index (χ2v) is 5.83. The van der Waals surface area contributed by atoms with Crippen LogP contribution in [0.3, 0.4) is 0 Å². The molecule has 0 aliphatic carbocycles. The van der Waals surface area contributed by atoms with Crippen molar-refractivity contribution in [2.75, 3.05) is 19.1 Å². The van der Waals surface area contributed by atoms with Gasteiger partial charge in [-0.25, -0.2) is 4.98 Å². The van der Waals surface area contributed by atoms with Gasteiger partial charge in [-0.15, -0.1) is 0 Å². The highest BCUT2D eigenvalue weighted by molar-refractivity contribution is 5.91. The average molecular weight is 351 g/mol. The van der Waals surface area contributed by atoms with Crippen LogP contribution in [0.1, 0.15) is 21.7 Å². The predicted octanol–water partition coefficient (Wildman–Crippen LogP) is 3.25. The van der Waals surface area contributed by atoms with Crippen molar-refractivity contribution in [1.82, 2.24) is 10.3 Å². The molecule has 0 fully saturated rings. The first kappa shape index (κ1) is 17.5. The van der Waals surface area contributed by atoms with Crippen LogP contribution < -0.4 is 15.0 Å². The van der Waals surface area contributed by atoms with Crippen molar-refractivity contribution < 1.29 is 13.9 Å². The third-order valence-electron chi connectivity index (χ3n) is 3.94. The van der Waals surface area contributed by atoms with Gasteiger partial charge in [0, 0.05) is 38.0 Å². The van der Waals surface area contributed by atoms with E-state index in [0.29, 0.717) is 12.5 Å². The summed E-state index contributed by atoms with van der Waals surface area (Å²) in [6.07, 6.45) is 1.75. The number of anilines is 1. The third-order valence-corrected chi connectivity index (χ3v) is 3.94. The molecule has 2 aromatic heterocycles. The second-order valence-electron chi connectivity index (χ2n) is 5.83. The summed E-state index contributed by atoms with van der Waals surface area (Å²) in [5.74, 6) is 1.05. The number of nitrogens with zero attached hydrogens (tertiary/aromatic N) is 2. The maximum atomic E-state index is 12.2. The number of aromatic nitrogens is 1. The van der Waals surface area contributed by atoms with E-state index in [4.69, 9.17) is 9.15 Å². The molecule has 1 amide bonds.